The zero-order valence-corrected chi connectivity index (χ0v) is 11.3. The van der Waals surface area contributed by atoms with E-state index >= 15 is 0 Å². The second kappa shape index (κ2) is 7.54. The van der Waals surface area contributed by atoms with Gasteiger partial charge in [-0.2, -0.15) is 0 Å². The summed E-state index contributed by atoms with van der Waals surface area (Å²) in [4.78, 5) is 2.14. The van der Waals surface area contributed by atoms with E-state index in [1.54, 1.807) is 6.07 Å². The molecule has 0 aliphatic heterocycles. The van der Waals surface area contributed by atoms with Crippen molar-refractivity contribution < 1.29 is 14.8 Å². The molecule has 5 heteroatoms. The first-order valence-electron chi connectivity index (χ1n) is 6.24. The number of hydrogen-bond acceptors (Lipinski definition) is 4. The lowest BCUT2D eigenvalue weighted by molar-refractivity contribution is 0.0627. The van der Waals surface area contributed by atoms with Crippen molar-refractivity contribution in [3.63, 3.8) is 0 Å². The first kappa shape index (κ1) is 15.2. The Balaban J connectivity index is 2.43. The maximum atomic E-state index is 9.11. The first-order chi connectivity index (χ1) is 8.49. The van der Waals surface area contributed by atoms with Gasteiger partial charge >= 0.3 is 7.12 Å². The molecule has 4 nitrogen and oxygen atoms in total. The maximum absolute atomic E-state index is 9.11. The average molecular weight is 251 g/mol. The molecule has 0 aliphatic rings. The van der Waals surface area contributed by atoms with Crippen molar-refractivity contribution in [3.05, 3.63) is 29.8 Å². The van der Waals surface area contributed by atoms with Gasteiger partial charge in [0.05, 0.1) is 12.7 Å². The van der Waals surface area contributed by atoms with Crippen LogP contribution in [0.4, 0.5) is 0 Å². The maximum Gasteiger partial charge on any atom is 0.488 e. The van der Waals surface area contributed by atoms with Gasteiger partial charge in [0.1, 0.15) is 0 Å². The molecule has 1 aromatic carbocycles. The molecular formula is C13H22BNO3. The summed E-state index contributed by atoms with van der Waals surface area (Å²) in [6, 6.07) is 7.33. The van der Waals surface area contributed by atoms with E-state index in [1.807, 2.05) is 39.1 Å². The van der Waals surface area contributed by atoms with Gasteiger partial charge in [0.15, 0.2) is 0 Å². The van der Waals surface area contributed by atoms with Crippen LogP contribution in [0, 0.1) is 0 Å². The van der Waals surface area contributed by atoms with E-state index in [-0.39, 0.29) is 6.10 Å². The molecule has 0 fully saturated rings. The summed E-state index contributed by atoms with van der Waals surface area (Å²) in [7, 11) is 0.616. The molecule has 0 saturated carbocycles. The summed E-state index contributed by atoms with van der Waals surface area (Å²) in [6.45, 7) is 6.36. The summed E-state index contributed by atoms with van der Waals surface area (Å²) < 4.78 is 5.49. The lowest BCUT2D eigenvalue weighted by Gasteiger charge is -2.18. The summed E-state index contributed by atoms with van der Waals surface area (Å²) in [6.07, 6.45) is 0.256. The lowest BCUT2D eigenvalue weighted by atomic mass is 9.79. The zero-order chi connectivity index (χ0) is 13.5. The summed E-state index contributed by atoms with van der Waals surface area (Å²) in [5, 5.41) is 18.2. The minimum atomic E-state index is -1.40. The van der Waals surface area contributed by atoms with Crippen LogP contribution < -0.4 is 5.46 Å². The standard InChI is InChI=1S/C13H22BNO3/c1-11(2)18-8-7-15(3)10-12-5-4-6-13(9-12)14(16)17/h4-6,9,11,16-17H,7-8,10H2,1-3H3. The van der Waals surface area contributed by atoms with E-state index in [9.17, 15) is 0 Å². The highest BCUT2D eigenvalue weighted by Gasteiger charge is 2.11. The normalized spacial score (nSPS) is 11.3. The van der Waals surface area contributed by atoms with Gasteiger partial charge in [0.2, 0.25) is 0 Å². The quantitative estimate of drug-likeness (QED) is 0.681. The number of likely N-dealkylation sites (N-methyl/N-ethyl adjacent to an activating group) is 1. The van der Waals surface area contributed by atoms with Crippen LogP contribution >= 0.6 is 0 Å². The number of nitrogens with zero attached hydrogens (tertiary/aromatic N) is 1. The number of rotatable bonds is 7. The zero-order valence-electron chi connectivity index (χ0n) is 11.3. The predicted octanol–water partition coefficient (Wildman–Crippen LogP) is 0.223. The molecule has 0 radical (unpaired) electrons. The van der Waals surface area contributed by atoms with Gasteiger partial charge in [-0.3, -0.25) is 4.90 Å². The molecule has 1 rings (SSSR count). The third-order valence-electron chi connectivity index (χ3n) is 2.63. The Morgan fingerprint density at radius 2 is 2.06 bits per heavy atom. The van der Waals surface area contributed by atoms with Crippen LogP contribution in [0.2, 0.25) is 0 Å². The van der Waals surface area contributed by atoms with Crippen LogP contribution in [0.5, 0.6) is 0 Å². The van der Waals surface area contributed by atoms with Crippen molar-refractivity contribution in [3.8, 4) is 0 Å². The molecule has 0 amide bonds. The molecule has 18 heavy (non-hydrogen) atoms. The van der Waals surface area contributed by atoms with Crippen molar-refractivity contribution in [2.45, 2.75) is 26.5 Å². The monoisotopic (exact) mass is 251 g/mol. The van der Waals surface area contributed by atoms with Gasteiger partial charge in [-0.15, -0.1) is 0 Å². The third kappa shape index (κ3) is 5.64. The molecule has 0 spiro atoms. The molecule has 0 atom stereocenters. The van der Waals surface area contributed by atoms with E-state index in [1.165, 1.54) is 0 Å². The second-order valence-corrected chi connectivity index (χ2v) is 4.78. The number of benzene rings is 1. The highest BCUT2D eigenvalue weighted by Crippen LogP contribution is 2.02. The SMILES string of the molecule is CC(C)OCCN(C)Cc1cccc(B(O)O)c1. The van der Waals surface area contributed by atoms with Gasteiger partial charge in [0.25, 0.3) is 0 Å². The molecule has 1 aromatic rings. The third-order valence-corrected chi connectivity index (χ3v) is 2.63. The van der Waals surface area contributed by atoms with Gasteiger partial charge in [-0.1, -0.05) is 24.3 Å². The van der Waals surface area contributed by atoms with E-state index in [0.717, 1.165) is 18.7 Å². The second-order valence-electron chi connectivity index (χ2n) is 4.78. The van der Waals surface area contributed by atoms with Crippen molar-refractivity contribution in [1.82, 2.24) is 4.90 Å². The van der Waals surface area contributed by atoms with Crippen LogP contribution in [-0.2, 0) is 11.3 Å². The summed E-state index contributed by atoms with van der Waals surface area (Å²) >= 11 is 0. The predicted molar refractivity (Wildman–Crippen MR) is 73.7 cm³/mol. The highest BCUT2D eigenvalue weighted by atomic mass is 16.5. The fraction of sp³-hybridized carbons (Fsp3) is 0.538. The first-order valence-corrected chi connectivity index (χ1v) is 6.24. The van der Waals surface area contributed by atoms with Gasteiger partial charge in [-0.05, 0) is 31.9 Å². The van der Waals surface area contributed by atoms with Crippen molar-refractivity contribution in [1.29, 1.82) is 0 Å². The summed E-state index contributed by atoms with van der Waals surface area (Å²) in [5.41, 5.74) is 1.59. The minimum Gasteiger partial charge on any atom is -0.423 e. The van der Waals surface area contributed by atoms with Gasteiger partial charge in [-0.25, -0.2) is 0 Å². The van der Waals surface area contributed by atoms with Crippen molar-refractivity contribution >= 4 is 12.6 Å². The minimum absolute atomic E-state index is 0.256. The Morgan fingerprint density at radius 1 is 1.33 bits per heavy atom. The van der Waals surface area contributed by atoms with Crippen LogP contribution in [0.3, 0.4) is 0 Å². The smallest absolute Gasteiger partial charge is 0.423 e. The molecule has 0 aromatic heterocycles. The van der Waals surface area contributed by atoms with Crippen LogP contribution in [0.15, 0.2) is 24.3 Å². The Labute approximate surface area is 109 Å². The topological polar surface area (TPSA) is 52.9 Å². The van der Waals surface area contributed by atoms with Crippen molar-refractivity contribution in [2.24, 2.45) is 0 Å². The number of ether oxygens (including phenoxy) is 1. The number of hydrogen-bond donors (Lipinski definition) is 2. The van der Waals surface area contributed by atoms with Crippen LogP contribution in [0.1, 0.15) is 19.4 Å². The Morgan fingerprint density at radius 3 is 2.67 bits per heavy atom. The Hall–Kier alpha value is -0.875. The van der Waals surface area contributed by atoms with Gasteiger partial charge in [0, 0.05) is 13.1 Å². The summed E-state index contributed by atoms with van der Waals surface area (Å²) in [5.74, 6) is 0. The molecule has 2 N–H and O–H groups in total. The molecule has 0 heterocycles. The Bertz CT molecular complexity index is 358. The molecule has 100 valence electrons. The fourth-order valence-corrected chi connectivity index (χ4v) is 1.69. The van der Waals surface area contributed by atoms with E-state index in [4.69, 9.17) is 14.8 Å². The lowest BCUT2D eigenvalue weighted by Crippen LogP contribution is -2.30. The van der Waals surface area contributed by atoms with E-state index < -0.39 is 7.12 Å². The van der Waals surface area contributed by atoms with Crippen molar-refractivity contribution in [2.75, 3.05) is 20.2 Å². The molecule has 0 bridgehead atoms. The molecule has 0 unspecified atom stereocenters. The average Bonchev–Trinajstić information content (AvgIpc) is 2.28. The highest BCUT2D eigenvalue weighted by molar-refractivity contribution is 6.58. The largest absolute Gasteiger partial charge is 0.488 e. The molecule has 0 saturated heterocycles. The Kier molecular flexibility index (Phi) is 6.36. The van der Waals surface area contributed by atoms with Crippen LogP contribution in [-0.4, -0.2) is 48.4 Å². The van der Waals surface area contributed by atoms with E-state index in [0.29, 0.717) is 12.1 Å². The fourth-order valence-electron chi connectivity index (χ4n) is 1.69. The van der Waals surface area contributed by atoms with Crippen LogP contribution in [0.25, 0.3) is 0 Å². The molecule has 0 aliphatic carbocycles. The van der Waals surface area contributed by atoms with E-state index in [2.05, 4.69) is 4.90 Å². The van der Waals surface area contributed by atoms with Gasteiger partial charge < -0.3 is 14.8 Å². The molecular weight excluding hydrogens is 229 g/mol.